The lowest BCUT2D eigenvalue weighted by Gasteiger charge is -2.33. The lowest BCUT2D eigenvalue weighted by molar-refractivity contribution is 0.279. The van der Waals surface area contributed by atoms with Gasteiger partial charge in [-0.15, -0.1) is 0 Å². The molecule has 2 aliphatic carbocycles. The molecule has 0 spiro atoms. The number of rotatable bonds is 0. The third-order valence-corrected chi connectivity index (χ3v) is 4.04. The van der Waals surface area contributed by atoms with Gasteiger partial charge in [-0.1, -0.05) is 25.9 Å². The highest BCUT2D eigenvalue weighted by Gasteiger charge is 2.57. The number of hydrogen-bond donors (Lipinski definition) is 1. The summed E-state index contributed by atoms with van der Waals surface area (Å²) in [7, 11) is 0. The molecule has 2 atom stereocenters. The highest BCUT2D eigenvalue weighted by molar-refractivity contribution is 5.97. The molecule has 1 N–H and O–H groups in total. The van der Waals surface area contributed by atoms with E-state index >= 15 is 0 Å². The first kappa shape index (κ1) is 8.09. The molecule has 0 amide bonds. The van der Waals surface area contributed by atoms with Gasteiger partial charge in [0, 0.05) is 10.8 Å². The van der Waals surface area contributed by atoms with E-state index in [1.54, 1.807) is 0 Å². The summed E-state index contributed by atoms with van der Waals surface area (Å²) in [4.78, 5) is 0. The van der Waals surface area contributed by atoms with Crippen molar-refractivity contribution in [1.29, 1.82) is 0 Å². The standard InChI is InChI=1S/C10H17NO/c1-9(2)7-4-5-10(3,6-7)8(9)11-12/h7,12H,4-6H2,1-3H3/t7-,10+/m1/s1. The van der Waals surface area contributed by atoms with Crippen molar-refractivity contribution in [2.45, 2.75) is 40.0 Å². The van der Waals surface area contributed by atoms with Gasteiger partial charge >= 0.3 is 0 Å². The van der Waals surface area contributed by atoms with Gasteiger partial charge in [-0.05, 0) is 25.2 Å². The van der Waals surface area contributed by atoms with Crippen LogP contribution in [-0.4, -0.2) is 10.9 Å². The van der Waals surface area contributed by atoms with E-state index in [-0.39, 0.29) is 10.8 Å². The fraction of sp³-hybridized carbons (Fsp3) is 0.900. The molecular weight excluding hydrogens is 150 g/mol. The van der Waals surface area contributed by atoms with Gasteiger partial charge in [0.15, 0.2) is 0 Å². The van der Waals surface area contributed by atoms with Crippen LogP contribution in [0.5, 0.6) is 0 Å². The average Bonchev–Trinajstić information content (AvgIpc) is 2.39. The van der Waals surface area contributed by atoms with Gasteiger partial charge in [0.05, 0.1) is 5.71 Å². The van der Waals surface area contributed by atoms with Crippen molar-refractivity contribution in [3.05, 3.63) is 0 Å². The molecule has 0 aromatic rings. The number of oxime groups is 1. The van der Waals surface area contributed by atoms with Crippen LogP contribution in [0.15, 0.2) is 5.16 Å². The summed E-state index contributed by atoms with van der Waals surface area (Å²) >= 11 is 0. The second-order valence-electron chi connectivity index (χ2n) is 5.17. The Labute approximate surface area is 73.7 Å². The third-order valence-electron chi connectivity index (χ3n) is 4.04. The quantitative estimate of drug-likeness (QED) is 0.436. The molecule has 2 saturated carbocycles. The van der Waals surface area contributed by atoms with Crippen molar-refractivity contribution >= 4 is 5.71 Å². The van der Waals surface area contributed by atoms with E-state index in [1.807, 2.05) is 0 Å². The van der Waals surface area contributed by atoms with E-state index in [4.69, 9.17) is 5.21 Å². The molecule has 68 valence electrons. The maximum Gasteiger partial charge on any atom is 0.0688 e. The summed E-state index contributed by atoms with van der Waals surface area (Å²) in [5, 5.41) is 12.5. The molecular formula is C10H17NO. The molecule has 2 aliphatic rings. The predicted molar refractivity (Wildman–Crippen MR) is 48.5 cm³/mol. The largest absolute Gasteiger partial charge is 0.411 e. The van der Waals surface area contributed by atoms with Crippen molar-refractivity contribution in [3.63, 3.8) is 0 Å². The van der Waals surface area contributed by atoms with Crippen LogP contribution in [0.2, 0.25) is 0 Å². The zero-order valence-electron chi connectivity index (χ0n) is 8.09. The first-order chi connectivity index (χ1) is 5.50. The van der Waals surface area contributed by atoms with Crippen molar-refractivity contribution in [1.82, 2.24) is 0 Å². The minimum Gasteiger partial charge on any atom is -0.411 e. The van der Waals surface area contributed by atoms with Crippen LogP contribution >= 0.6 is 0 Å². The molecule has 2 heteroatoms. The molecule has 0 unspecified atom stereocenters. The second kappa shape index (κ2) is 2.04. The number of fused-ring (bicyclic) bond motifs is 2. The Kier molecular flexibility index (Phi) is 1.37. The van der Waals surface area contributed by atoms with Crippen LogP contribution in [0.1, 0.15) is 40.0 Å². The van der Waals surface area contributed by atoms with Crippen LogP contribution in [0.3, 0.4) is 0 Å². The third kappa shape index (κ3) is 0.732. The Morgan fingerprint density at radius 1 is 1.42 bits per heavy atom. The lowest BCUT2D eigenvalue weighted by atomic mass is 9.71. The zero-order valence-corrected chi connectivity index (χ0v) is 8.09. The van der Waals surface area contributed by atoms with E-state index in [0.717, 1.165) is 11.6 Å². The van der Waals surface area contributed by atoms with E-state index in [0.29, 0.717) is 0 Å². The fourth-order valence-corrected chi connectivity index (χ4v) is 3.29. The normalized spacial score (nSPS) is 47.2. The first-order valence-electron chi connectivity index (χ1n) is 4.74. The number of hydrogen-bond acceptors (Lipinski definition) is 2. The molecule has 0 aromatic carbocycles. The average molecular weight is 167 g/mol. The summed E-state index contributed by atoms with van der Waals surface area (Å²) in [5.41, 5.74) is 1.39. The van der Waals surface area contributed by atoms with Crippen molar-refractivity contribution in [3.8, 4) is 0 Å². The minimum atomic E-state index is 0.141. The summed E-state index contributed by atoms with van der Waals surface area (Å²) < 4.78 is 0. The molecule has 0 saturated heterocycles. The highest BCUT2D eigenvalue weighted by Crippen LogP contribution is 2.60. The summed E-state index contributed by atoms with van der Waals surface area (Å²) in [6.07, 6.45) is 3.74. The topological polar surface area (TPSA) is 32.6 Å². The Bertz CT molecular complexity index is 237. The Morgan fingerprint density at radius 3 is 2.42 bits per heavy atom. The summed E-state index contributed by atoms with van der Waals surface area (Å²) in [5.74, 6) is 0.744. The molecule has 2 fully saturated rings. The molecule has 2 nitrogen and oxygen atoms in total. The van der Waals surface area contributed by atoms with Crippen molar-refractivity contribution in [2.24, 2.45) is 21.9 Å². The van der Waals surface area contributed by atoms with Crippen molar-refractivity contribution in [2.75, 3.05) is 0 Å². The van der Waals surface area contributed by atoms with Gasteiger partial charge in [0.2, 0.25) is 0 Å². The van der Waals surface area contributed by atoms with Gasteiger partial charge in [-0.2, -0.15) is 0 Å². The molecule has 0 radical (unpaired) electrons. The SMILES string of the molecule is CC1(C)C(=NO)[C@@]2(C)CC[C@@H]1C2. The van der Waals surface area contributed by atoms with Gasteiger partial charge in [-0.25, -0.2) is 0 Å². The van der Waals surface area contributed by atoms with Gasteiger partial charge < -0.3 is 5.21 Å². The van der Waals surface area contributed by atoms with Gasteiger partial charge in [0.1, 0.15) is 0 Å². The van der Waals surface area contributed by atoms with E-state index in [9.17, 15) is 0 Å². The van der Waals surface area contributed by atoms with Crippen LogP contribution in [0, 0.1) is 16.7 Å². The van der Waals surface area contributed by atoms with Crippen LogP contribution in [-0.2, 0) is 0 Å². The van der Waals surface area contributed by atoms with Gasteiger partial charge in [-0.3, -0.25) is 0 Å². The summed E-state index contributed by atoms with van der Waals surface area (Å²) in [6.45, 7) is 6.64. The molecule has 2 bridgehead atoms. The molecule has 0 aromatic heterocycles. The first-order valence-corrected chi connectivity index (χ1v) is 4.74. The Morgan fingerprint density at radius 2 is 2.08 bits per heavy atom. The Hall–Kier alpha value is -0.530. The maximum atomic E-state index is 8.98. The molecule has 2 rings (SSSR count). The van der Waals surface area contributed by atoms with E-state index in [2.05, 4.69) is 25.9 Å². The lowest BCUT2D eigenvalue weighted by Crippen LogP contribution is -2.35. The van der Waals surface area contributed by atoms with Crippen LogP contribution < -0.4 is 0 Å². The zero-order chi connectivity index (χ0) is 8.98. The maximum absolute atomic E-state index is 8.98. The molecule has 12 heavy (non-hydrogen) atoms. The monoisotopic (exact) mass is 167 g/mol. The minimum absolute atomic E-state index is 0.141. The fourth-order valence-electron chi connectivity index (χ4n) is 3.29. The number of nitrogens with zero attached hydrogens (tertiary/aromatic N) is 1. The van der Waals surface area contributed by atoms with Crippen LogP contribution in [0.4, 0.5) is 0 Å². The predicted octanol–water partition coefficient (Wildman–Crippen LogP) is 2.66. The van der Waals surface area contributed by atoms with Gasteiger partial charge in [0.25, 0.3) is 0 Å². The molecule has 0 heterocycles. The molecule has 0 aliphatic heterocycles. The highest BCUT2D eigenvalue weighted by atomic mass is 16.4. The van der Waals surface area contributed by atoms with E-state index in [1.165, 1.54) is 19.3 Å². The second-order valence-corrected chi connectivity index (χ2v) is 5.17. The van der Waals surface area contributed by atoms with E-state index < -0.39 is 0 Å². The van der Waals surface area contributed by atoms with Crippen molar-refractivity contribution < 1.29 is 5.21 Å². The van der Waals surface area contributed by atoms with Crippen LogP contribution in [0.25, 0.3) is 0 Å². The summed E-state index contributed by atoms with van der Waals surface area (Å²) in [6, 6.07) is 0. The Balaban J connectivity index is 2.45. The smallest absolute Gasteiger partial charge is 0.0688 e.